The van der Waals surface area contributed by atoms with Crippen LogP contribution in [0, 0.1) is 6.92 Å². The van der Waals surface area contributed by atoms with Gasteiger partial charge in [0.1, 0.15) is 11.5 Å². The second-order valence-corrected chi connectivity index (χ2v) is 3.85. The molecule has 1 aromatic rings. The maximum absolute atomic E-state index is 5.34. The summed E-state index contributed by atoms with van der Waals surface area (Å²) in [5.74, 6) is 2.31. The van der Waals surface area contributed by atoms with Crippen molar-refractivity contribution in [1.29, 1.82) is 0 Å². The maximum Gasteiger partial charge on any atom is 0.125 e. The van der Waals surface area contributed by atoms with Crippen LogP contribution in [-0.2, 0) is 0 Å². The standard InChI is InChI=1S/C13H20O2/c1-6-9(2)12-7-11(14-4)8-13(15-5)10(12)3/h7-9H,6H2,1-5H3/t9-/m1/s1. The van der Waals surface area contributed by atoms with Crippen molar-refractivity contribution < 1.29 is 9.47 Å². The van der Waals surface area contributed by atoms with Crippen LogP contribution >= 0.6 is 0 Å². The van der Waals surface area contributed by atoms with Gasteiger partial charge in [-0.25, -0.2) is 0 Å². The molecule has 0 saturated heterocycles. The smallest absolute Gasteiger partial charge is 0.125 e. The predicted octanol–water partition coefficient (Wildman–Crippen LogP) is 3.53. The Balaban J connectivity index is 3.23. The van der Waals surface area contributed by atoms with E-state index in [1.54, 1.807) is 14.2 Å². The van der Waals surface area contributed by atoms with Crippen LogP contribution in [-0.4, -0.2) is 14.2 Å². The highest BCUT2D eigenvalue weighted by molar-refractivity contribution is 5.47. The summed E-state index contributed by atoms with van der Waals surface area (Å²) < 4.78 is 10.6. The quantitative estimate of drug-likeness (QED) is 0.753. The van der Waals surface area contributed by atoms with Crippen molar-refractivity contribution in [3.05, 3.63) is 23.3 Å². The Kier molecular flexibility index (Phi) is 4.01. The van der Waals surface area contributed by atoms with E-state index in [4.69, 9.17) is 9.47 Å². The van der Waals surface area contributed by atoms with E-state index in [1.807, 2.05) is 6.07 Å². The molecule has 0 spiro atoms. The molecule has 0 aliphatic carbocycles. The maximum atomic E-state index is 5.34. The van der Waals surface area contributed by atoms with Gasteiger partial charge < -0.3 is 9.47 Å². The van der Waals surface area contributed by atoms with E-state index in [1.165, 1.54) is 11.1 Å². The number of rotatable bonds is 4. The minimum atomic E-state index is 0.536. The lowest BCUT2D eigenvalue weighted by atomic mass is 9.93. The molecule has 2 heteroatoms. The summed E-state index contributed by atoms with van der Waals surface area (Å²) in [4.78, 5) is 0. The molecule has 2 nitrogen and oxygen atoms in total. The summed E-state index contributed by atoms with van der Waals surface area (Å²) in [5, 5.41) is 0. The third kappa shape index (κ3) is 2.44. The second kappa shape index (κ2) is 5.06. The number of benzene rings is 1. The van der Waals surface area contributed by atoms with E-state index in [0.717, 1.165) is 17.9 Å². The predicted molar refractivity (Wildman–Crippen MR) is 63.0 cm³/mol. The zero-order valence-electron chi connectivity index (χ0n) is 10.3. The summed E-state index contributed by atoms with van der Waals surface area (Å²) in [6, 6.07) is 4.03. The van der Waals surface area contributed by atoms with Crippen molar-refractivity contribution in [3.8, 4) is 11.5 Å². The van der Waals surface area contributed by atoms with Crippen molar-refractivity contribution in [3.63, 3.8) is 0 Å². The van der Waals surface area contributed by atoms with Crippen molar-refractivity contribution >= 4 is 0 Å². The molecule has 0 unspecified atom stereocenters. The van der Waals surface area contributed by atoms with Crippen LogP contribution in [0.4, 0.5) is 0 Å². The van der Waals surface area contributed by atoms with Crippen LogP contribution in [0.2, 0.25) is 0 Å². The second-order valence-electron chi connectivity index (χ2n) is 3.85. The first-order chi connectivity index (χ1) is 7.13. The number of methoxy groups -OCH3 is 2. The summed E-state index contributed by atoms with van der Waals surface area (Å²) in [6.07, 6.45) is 1.12. The first-order valence-electron chi connectivity index (χ1n) is 5.36. The molecule has 0 fully saturated rings. The summed E-state index contributed by atoms with van der Waals surface area (Å²) in [5.41, 5.74) is 2.53. The van der Waals surface area contributed by atoms with Gasteiger partial charge in [0.2, 0.25) is 0 Å². The van der Waals surface area contributed by atoms with Gasteiger partial charge in [-0.15, -0.1) is 0 Å². The lowest BCUT2D eigenvalue weighted by molar-refractivity contribution is 0.390. The number of hydrogen-bond donors (Lipinski definition) is 0. The molecule has 0 amide bonds. The summed E-state index contributed by atoms with van der Waals surface area (Å²) >= 11 is 0. The topological polar surface area (TPSA) is 18.5 Å². The largest absolute Gasteiger partial charge is 0.497 e. The van der Waals surface area contributed by atoms with Gasteiger partial charge >= 0.3 is 0 Å². The number of hydrogen-bond acceptors (Lipinski definition) is 2. The van der Waals surface area contributed by atoms with E-state index in [0.29, 0.717) is 5.92 Å². The molecule has 15 heavy (non-hydrogen) atoms. The van der Waals surface area contributed by atoms with Gasteiger partial charge in [0.15, 0.2) is 0 Å². The van der Waals surface area contributed by atoms with Gasteiger partial charge in [-0.2, -0.15) is 0 Å². The molecule has 0 aromatic heterocycles. The average molecular weight is 208 g/mol. The van der Waals surface area contributed by atoms with Crippen molar-refractivity contribution in [2.24, 2.45) is 0 Å². The van der Waals surface area contributed by atoms with Gasteiger partial charge in [0.25, 0.3) is 0 Å². The average Bonchev–Trinajstić information content (AvgIpc) is 2.28. The molecule has 0 heterocycles. The van der Waals surface area contributed by atoms with Gasteiger partial charge in [0.05, 0.1) is 14.2 Å². The van der Waals surface area contributed by atoms with Gasteiger partial charge in [-0.3, -0.25) is 0 Å². The molecule has 0 aliphatic heterocycles. The Morgan fingerprint density at radius 2 is 1.87 bits per heavy atom. The van der Waals surface area contributed by atoms with Gasteiger partial charge in [-0.1, -0.05) is 13.8 Å². The Morgan fingerprint density at radius 3 is 2.33 bits per heavy atom. The van der Waals surface area contributed by atoms with E-state index in [9.17, 15) is 0 Å². The van der Waals surface area contributed by atoms with Crippen LogP contribution in [0.3, 0.4) is 0 Å². The Hall–Kier alpha value is -1.18. The first kappa shape index (κ1) is 11.9. The Labute approximate surface area is 92.2 Å². The Bertz CT molecular complexity index is 332. The highest BCUT2D eigenvalue weighted by atomic mass is 16.5. The molecular weight excluding hydrogens is 188 g/mol. The third-order valence-corrected chi connectivity index (χ3v) is 2.97. The van der Waals surface area contributed by atoms with Gasteiger partial charge in [-0.05, 0) is 36.5 Å². The molecule has 1 atom stereocenters. The summed E-state index contributed by atoms with van der Waals surface area (Å²) in [6.45, 7) is 6.51. The number of ether oxygens (including phenoxy) is 2. The third-order valence-electron chi connectivity index (χ3n) is 2.97. The van der Waals surface area contributed by atoms with Crippen molar-refractivity contribution in [1.82, 2.24) is 0 Å². The van der Waals surface area contributed by atoms with Crippen molar-refractivity contribution in [2.45, 2.75) is 33.1 Å². The normalized spacial score (nSPS) is 12.3. The molecule has 0 radical (unpaired) electrons. The van der Waals surface area contributed by atoms with E-state index < -0.39 is 0 Å². The highest BCUT2D eigenvalue weighted by Gasteiger charge is 2.12. The highest BCUT2D eigenvalue weighted by Crippen LogP contribution is 2.33. The van der Waals surface area contributed by atoms with Crippen LogP contribution in [0.5, 0.6) is 11.5 Å². The fourth-order valence-corrected chi connectivity index (χ4v) is 1.74. The molecule has 0 bridgehead atoms. The molecule has 0 aliphatic rings. The Morgan fingerprint density at radius 1 is 1.20 bits per heavy atom. The fourth-order valence-electron chi connectivity index (χ4n) is 1.74. The molecular formula is C13H20O2. The molecule has 0 saturated carbocycles. The van der Waals surface area contributed by atoms with Crippen molar-refractivity contribution in [2.75, 3.05) is 14.2 Å². The SMILES string of the molecule is CC[C@@H](C)c1cc(OC)cc(OC)c1C. The van der Waals surface area contributed by atoms with Crippen LogP contribution in [0.25, 0.3) is 0 Å². The zero-order valence-corrected chi connectivity index (χ0v) is 10.3. The molecule has 1 aromatic carbocycles. The van der Waals surface area contributed by atoms with Crippen LogP contribution < -0.4 is 9.47 Å². The molecule has 84 valence electrons. The van der Waals surface area contributed by atoms with E-state index in [-0.39, 0.29) is 0 Å². The van der Waals surface area contributed by atoms with E-state index in [2.05, 4.69) is 26.8 Å². The first-order valence-corrected chi connectivity index (χ1v) is 5.36. The van der Waals surface area contributed by atoms with Crippen LogP contribution in [0.15, 0.2) is 12.1 Å². The monoisotopic (exact) mass is 208 g/mol. The lowest BCUT2D eigenvalue weighted by Gasteiger charge is -2.17. The minimum absolute atomic E-state index is 0.536. The lowest BCUT2D eigenvalue weighted by Crippen LogP contribution is -1.99. The summed E-state index contributed by atoms with van der Waals surface area (Å²) in [7, 11) is 3.38. The molecule has 0 N–H and O–H groups in total. The zero-order chi connectivity index (χ0) is 11.4. The fraction of sp³-hybridized carbons (Fsp3) is 0.538. The molecule has 1 rings (SSSR count). The van der Waals surface area contributed by atoms with Crippen LogP contribution in [0.1, 0.15) is 37.3 Å². The minimum Gasteiger partial charge on any atom is -0.497 e. The van der Waals surface area contributed by atoms with Gasteiger partial charge in [0, 0.05) is 6.07 Å². The van der Waals surface area contributed by atoms with E-state index >= 15 is 0 Å².